The molecular weight excluding hydrogens is 512 g/mol. The highest BCUT2D eigenvalue weighted by Gasteiger charge is 2.20. The van der Waals surface area contributed by atoms with Gasteiger partial charge in [-0.1, -0.05) is 53.2 Å². The van der Waals surface area contributed by atoms with Crippen molar-refractivity contribution in [3.05, 3.63) is 48.0 Å². The van der Waals surface area contributed by atoms with Crippen LogP contribution in [0, 0.1) is 11.8 Å². The second-order valence-corrected chi connectivity index (χ2v) is 13.5. The highest BCUT2D eigenvalue weighted by atomic mass is 32.2. The van der Waals surface area contributed by atoms with E-state index in [1.165, 1.54) is 37.2 Å². The molecule has 0 saturated carbocycles. The van der Waals surface area contributed by atoms with Crippen molar-refractivity contribution >= 4 is 28.7 Å². The standard InChI is InChI=1S/C34H50N4OS/c1-6-40-30-14-11-28(12-15-30)33-35-31-16-13-29(34(39)37(23-17-26(2)3)24-18-27(4)5)25-32(31)38(33)22-10-21-36-19-8-7-9-20-36/h11-16,25-27H,6-10,17-24H2,1-5H3. The summed E-state index contributed by atoms with van der Waals surface area (Å²) in [6.07, 6.45) is 7.12. The van der Waals surface area contributed by atoms with Gasteiger partial charge in [0.25, 0.3) is 5.91 Å². The van der Waals surface area contributed by atoms with Crippen molar-refractivity contribution in [2.45, 2.75) is 84.6 Å². The Morgan fingerprint density at radius 3 is 2.23 bits per heavy atom. The van der Waals surface area contributed by atoms with Crippen molar-refractivity contribution in [3.63, 3.8) is 0 Å². The Morgan fingerprint density at radius 1 is 0.925 bits per heavy atom. The van der Waals surface area contributed by atoms with Crippen LogP contribution in [0.15, 0.2) is 47.4 Å². The molecule has 1 aliphatic heterocycles. The van der Waals surface area contributed by atoms with Crippen molar-refractivity contribution in [1.29, 1.82) is 0 Å². The van der Waals surface area contributed by atoms with E-state index in [1.807, 2.05) is 17.8 Å². The number of aryl methyl sites for hydroxylation is 1. The molecule has 40 heavy (non-hydrogen) atoms. The first-order valence-electron chi connectivity index (χ1n) is 15.6. The zero-order valence-electron chi connectivity index (χ0n) is 25.5. The number of rotatable bonds is 14. The van der Waals surface area contributed by atoms with Crippen molar-refractivity contribution in [2.24, 2.45) is 11.8 Å². The van der Waals surface area contributed by atoms with Crippen molar-refractivity contribution < 1.29 is 4.79 Å². The summed E-state index contributed by atoms with van der Waals surface area (Å²) < 4.78 is 2.37. The third-order valence-corrected chi connectivity index (χ3v) is 8.86. The van der Waals surface area contributed by atoms with Crippen LogP contribution < -0.4 is 0 Å². The maximum atomic E-state index is 13.8. The molecule has 0 aliphatic carbocycles. The van der Waals surface area contributed by atoms with Gasteiger partial charge in [-0.25, -0.2) is 4.98 Å². The number of carbonyl (C=O) groups is 1. The number of hydrogen-bond acceptors (Lipinski definition) is 4. The van der Waals surface area contributed by atoms with Crippen molar-refractivity contribution in [1.82, 2.24) is 19.4 Å². The van der Waals surface area contributed by atoms with Gasteiger partial charge < -0.3 is 14.4 Å². The fourth-order valence-corrected chi connectivity index (χ4v) is 6.19. The van der Waals surface area contributed by atoms with Gasteiger partial charge in [0.2, 0.25) is 0 Å². The van der Waals surface area contributed by atoms with E-state index in [2.05, 4.69) is 85.4 Å². The van der Waals surface area contributed by atoms with Crippen LogP contribution >= 0.6 is 11.8 Å². The van der Waals surface area contributed by atoms with Gasteiger partial charge in [0, 0.05) is 35.7 Å². The van der Waals surface area contributed by atoms with E-state index in [1.54, 1.807) is 0 Å². The highest BCUT2D eigenvalue weighted by molar-refractivity contribution is 7.99. The number of carbonyl (C=O) groups excluding carboxylic acids is 1. The maximum Gasteiger partial charge on any atom is 0.253 e. The van der Waals surface area contributed by atoms with E-state index in [0.29, 0.717) is 11.8 Å². The SMILES string of the molecule is CCSc1ccc(-c2nc3ccc(C(=O)N(CCC(C)C)CCC(C)C)cc3n2CCCN2CCCCC2)cc1. The largest absolute Gasteiger partial charge is 0.339 e. The molecule has 1 aliphatic rings. The monoisotopic (exact) mass is 562 g/mol. The molecule has 1 aromatic heterocycles. The molecule has 2 heterocycles. The van der Waals surface area contributed by atoms with Crippen LogP contribution in [0.5, 0.6) is 0 Å². The van der Waals surface area contributed by atoms with E-state index < -0.39 is 0 Å². The molecule has 1 saturated heterocycles. The van der Waals surface area contributed by atoms with E-state index in [9.17, 15) is 4.79 Å². The molecule has 4 rings (SSSR count). The molecule has 218 valence electrons. The summed E-state index contributed by atoms with van der Waals surface area (Å²) in [7, 11) is 0. The van der Waals surface area contributed by atoms with Crippen LogP contribution in [0.4, 0.5) is 0 Å². The Kier molecular flexibility index (Phi) is 11.5. The topological polar surface area (TPSA) is 41.4 Å². The zero-order valence-corrected chi connectivity index (χ0v) is 26.3. The quantitative estimate of drug-likeness (QED) is 0.186. The fraction of sp³-hybridized carbons (Fsp3) is 0.588. The number of fused-ring (bicyclic) bond motifs is 1. The second kappa shape index (κ2) is 15.1. The molecule has 2 aromatic carbocycles. The number of piperidine rings is 1. The van der Waals surface area contributed by atoms with E-state index in [4.69, 9.17) is 4.98 Å². The minimum absolute atomic E-state index is 0.145. The number of imidazole rings is 1. The number of amides is 1. The van der Waals surface area contributed by atoms with Gasteiger partial charge in [-0.15, -0.1) is 11.8 Å². The summed E-state index contributed by atoms with van der Waals surface area (Å²) in [5.74, 6) is 3.36. The van der Waals surface area contributed by atoms with Crippen LogP contribution in [-0.4, -0.2) is 63.7 Å². The highest BCUT2D eigenvalue weighted by Crippen LogP contribution is 2.29. The van der Waals surface area contributed by atoms with Gasteiger partial charge in [0.05, 0.1) is 11.0 Å². The normalized spacial score (nSPS) is 14.5. The van der Waals surface area contributed by atoms with Gasteiger partial charge in [-0.05, 0) is 99.7 Å². The number of aromatic nitrogens is 2. The minimum atomic E-state index is 0.145. The van der Waals surface area contributed by atoms with Crippen molar-refractivity contribution in [3.8, 4) is 11.4 Å². The second-order valence-electron chi connectivity index (χ2n) is 12.2. The molecule has 5 nitrogen and oxygen atoms in total. The van der Waals surface area contributed by atoms with Gasteiger partial charge >= 0.3 is 0 Å². The number of nitrogens with zero attached hydrogens (tertiary/aromatic N) is 4. The Balaban J connectivity index is 1.64. The molecule has 1 amide bonds. The number of hydrogen-bond donors (Lipinski definition) is 0. The molecule has 1 fully saturated rings. The summed E-state index contributed by atoms with van der Waals surface area (Å²) >= 11 is 1.86. The average molecular weight is 563 g/mol. The zero-order chi connectivity index (χ0) is 28.5. The Bertz CT molecular complexity index is 1200. The van der Waals surface area contributed by atoms with Crippen LogP contribution in [0.25, 0.3) is 22.4 Å². The molecule has 0 radical (unpaired) electrons. The van der Waals surface area contributed by atoms with E-state index in [0.717, 1.165) is 79.2 Å². The number of likely N-dealkylation sites (tertiary alicyclic amines) is 1. The lowest BCUT2D eigenvalue weighted by molar-refractivity contribution is 0.0741. The first-order chi connectivity index (χ1) is 19.4. The Morgan fingerprint density at radius 2 is 1.60 bits per heavy atom. The van der Waals surface area contributed by atoms with E-state index in [-0.39, 0.29) is 5.91 Å². The van der Waals surface area contributed by atoms with Gasteiger partial charge in [0.1, 0.15) is 5.82 Å². The van der Waals surface area contributed by atoms with Gasteiger partial charge in [0.15, 0.2) is 0 Å². The smallest absolute Gasteiger partial charge is 0.253 e. The third-order valence-electron chi connectivity index (χ3n) is 7.96. The number of benzene rings is 2. The first-order valence-corrected chi connectivity index (χ1v) is 16.6. The molecule has 6 heteroatoms. The van der Waals surface area contributed by atoms with Crippen LogP contribution in [0.3, 0.4) is 0 Å². The third kappa shape index (κ3) is 8.36. The molecular formula is C34H50N4OS. The molecule has 3 aromatic rings. The lowest BCUT2D eigenvalue weighted by Crippen LogP contribution is -2.34. The molecule has 0 unspecified atom stereocenters. The first kappa shape index (κ1) is 30.6. The maximum absolute atomic E-state index is 13.8. The van der Waals surface area contributed by atoms with E-state index >= 15 is 0 Å². The summed E-state index contributed by atoms with van der Waals surface area (Å²) in [6.45, 7) is 17.2. The lowest BCUT2D eigenvalue weighted by Gasteiger charge is -2.26. The van der Waals surface area contributed by atoms with Crippen LogP contribution in [0.2, 0.25) is 0 Å². The lowest BCUT2D eigenvalue weighted by atomic mass is 10.1. The molecule has 0 spiro atoms. The van der Waals surface area contributed by atoms with Crippen LogP contribution in [-0.2, 0) is 6.54 Å². The molecule has 0 atom stereocenters. The molecule has 0 N–H and O–H groups in total. The summed E-state index contributed by atoms with van der Waals surface area (Å²) in [5.41, 5.74) is 3.95. The minimum Gasteiger partial charge on any atom is -0.339 e. The fourth-order valence-electron chi connectivity index (χ4n) is 5.53. The Hall–Kier alpha value is -2.31. The average Bonchev–Trinajstić information content (AvgIpc) is 3.31. The number of thioether (sulfide) groups is 1. The van der Waals surface area contributed by atoms with Crippen molar-refractivity contribution in [2.75, 3.05) is 38.5 Å². The van der Waals surface area contributed by atoms with Gasteiger partial charge in [-0.3, -0.25) is 4.79 Å². The van der Waals surface area contributed by atoms with Gasteiger partial charge in [-0.2, -0.15) is 0 Å². The molecule has 0 bridgehead atoms. The Labute approximate surface area is 246 Å². The summed E-state index contributed by atoms with van der Waals surface area (Å²) in [4.78, 5) is 24.9. The summed E-state index contributed by atoms with van der Waals surface area (Å²) in [5, 5.41) is 0. The predicted molar refractivity (Wildman–Crippen MR) is 171 cm³/mol. The predicted octanol–water partition coefficient (Wildman–Crippen LogP) is 8.23. The van der Waals surface area contributed by atoms with Crippen LogP contribution in [0.1, 0.15) is 83.5 Å². The summed E-state index contributed by atoms with van der Waals surface area (Å²) in [6, 6.07) is 15.0.